The normalized spacial score (nSPS) is 16.5. The van der Waals surface area contributed by atoms with Crippen molar-refractivity contribution in [3.05, 3.63) is 89.0 Å². The van der Waals surface area contributed by atoms with Gasteiger partial charge in [0.1, 0.15) is 12.4 Å². The van der Waals surface area contributed by atoms with Crippen molar-refractivity contribution in [2.45, 2.75) is 65.3 Å². The summed E-state index contributed by atoms with van der Waals surface area (Å²) in [5.41, 5.74) is 5.45. The highest BCUT2D eigenvalue weighted by molar-refractivity contribution is 8.15. The highest BCUT2D eigenvalue weighted by Crippen LogP contribution is 2.34. The Morgan fingerprint density at radius 1 is 1.11 bits per heavy atom. The van der Waals surface area contributed by atoms with Gasteiger partial charge in [0, 0.05) is 11.6 Å². The minimum Gasteiger partial charge on any atom is -0.406 e. The number of rotatable bonds is 10. The second-order valence-corrected chi connectivity index (χ2v) is 12.7. The third kappa shape index (κ3) is 8.85. The second kappa shape index (κ2) is 14.5. The van der Waals surface area contributed by atoms with Crippen LogP contribution in [0.3, 0.4) is 0 Å². The Hall–Kier alpha value is -4.52. The molecule has 3 aromatic carbocycles. The van der Waals surface area contributed by atoms with Crippen molar-refractivity contribution in [3.63, 3.8) is 0 Å². The minimum absolute atomic E-state index is 0.0931. The molecule has 0 bridgehead atoms. The van der Waals surface area contributed by atoms with Crippen LogP contribution in [0.25, 0.3) is 0 Å². The standard InChI is InChI=1S/C34H37F3N6O3S/c1-21(2)28-16-11-22(3)17-29(28)43-30(44)19-47-33(43)40-32(45)39-23(4)7-5-8-24-9-6-10-25(18-24)31-38-20-42(41-31)26-12-14-27(15-13-26)46-34(35,36)37/h6,9-18,21,23H,5,7-8,19-20H2,1-4H3,(H,38,41)(H,39,45)/b40-33-. The van der Waals surface area contributed by atoms with E-state index >= 15 is 0 Å². The minimum atomic E-state index is -4.74. The highest BCUT2D eigenvalue weighted by Gasteiger charge is 2.33. The molecule has 0 saturated carbocycles. The average molecular weight is 667 g/mol. The molecular weight excluding hydrogens is 629 g/mol. The topological polar surface area (TPSA) is 98.6 Å². The molecule has 1 fully saturated rings. The Bertz CT molecular complexity index is 1680. The van der Waals surface area contributed by atoms with Gasteiger partial charge in [0.15, 0.2) is 11.0 Å². The van der Waals surface area contributed by atoms with Crippen LogP contribution in [0.1, 0.15) is 61.8 Å². The maximum atomic E-state index is 12.9. The summed E-state index contributed by atoms with van der Waals surface area (Å²) in [6.07, 6.45) is -2.41. The number of nitrogens with zero attached hydrogens (tertiary/aromatic N) is 4. The summed E-state index contributed by atoms with van der Waals surface area (Å²) in [7, 11) is 0. The Morgan fingerprint density at radius 3 is 2.60 bits per heavy atom. The van der Waals surface area contributed by atoms with Crippen LogP contribution in [0.2, 0.25) is 0 Å². The van der Waals surface area contributed by atoms with Crippen molar-refractivity contribution < 1.29 is 27.5 Å². The smallest absolute Gasteiger partial charge is 0.406 e. The number of nitrogens with one attached hydrogen (secondary N) is 2. The average Bonchev–Trinajstić information content (AvgIpc) is 3.64. The highest BCUT2D eigenvalue weighted by atomic mass is 32.2. The molecule has 2 aliphatic rings. The molecule has 47 heavy (non-hydrogen) atoms. The fourth-order valence-corrected chi connectivity index (χ4v) is 6.23. The molecule has 2 heterocycles. The molecule has 13 heteroatoms. The van der Waals surface area contributed by atoms with Crippen LogP contribution in [0.4, 0.5) is 29.3 Å². The lowest BCUT2D eigenvalue weighted by Crippen LogP contribution is -2.34. The largest absolute Gasteiger partial charge is 0.573 e. The molecule has 9 nitrogen and oxygen atoms in total. The lowest BCUT2D eigenvalue weighted by atomic mass is 9.99. The Morgan fingerprint density at radius 2 is 1.87 bits per heavy atom. The van der Waals surface area contributed by atoms with Crippen LogP contribution in [-0.4, -0.2) is 47.8 Å². The second-order valence-electron chi connectivity index (χ2n) is 11.8. The van der Waals surface area contributed by atoms with Crippen LogP contribution in [0, 0.1) is 6.92 Å². The molecule has 1 unspecified atom stereocenters. The number of anilines is 2. The first-order valence-corrected chi connectivity index (χ1v) is 16.4. The molecule has 0 radical (unpaired) electrons. The predicted octanol–water partition coefficient (Wildman–Crippen LogP) is 7.30. The molecule has 5 rings (SSSR count). The molecule has 3 amide bonds. The number of carbonyl (C=O) groups excluding carboxylic acids is 2. The number of thioether (sulfide) groups is 1. The van der Waals surface area contributed by atoms with Crippen molar-refractivity contribution in [2.75, 3.05) is 22.3 Å². The van der Waals surface area contributed by atoms with Crippen LogP contribution in [0.5, 0.6) is 5.75 Å². The number of ether oxygens (including phenoxy) is 1. The number of amidine groups is 2. The van der Waals surface area contributed by atoms with E-state index in [1.165, 1.54) is 36.0 Å². The molecule has 248 valence electrons. The van der Waals surface area contributed by atoms with Gasteiger partial charge in [0.25, 0.3) is 0 Å². The third-order valence-corrected chi connectivity index (χ3v) is 8.59. The number of aryl methyl sites for hydroxylation is 2. The van der Waals surface area contributed by atoms with Gasteiger partial charge in [-0.1, -0.05) is 55.9 Å². The van der Waals surface area contributed by atoms with E-state index in [0.29, 0.717) is 23.4 Å². The molecule has 2 N–H and O–H groups in total. The summed E-state index contributed by atoms with van der Waals surface area (Å²) in [5.74, 6) is 0.713. The first-order chi connectivity index (χ1) is 22.4. The van der Waals surface area contributed by atoms with Crippen LogP contribution >= 0.6 is 11.8 Å². The molecule has 1 saturated heterocycles. The van der Waals surface area contributed by atoms with Crippen LogP contribution in [0.15, 0.2) is 76.8 Å². The lowest BCUT2D eigenvalue weighted by Gasteiger charge is -2.22. The van der Waals surface area contributed by atoms with Crippen molar-refractivity contribution in [1.82, 2.24) is 10.6 Å². The van der Waals surface area contributed by atoms with E-state index in [-0.39, 0.29) is 29.4 Å². The number of halogens is 3. The summed E-state index contributed by atoms with van der Waals surface area (Å²) < 4.78 is 41.3. The first kappa shape index (κ1) is 33.8. The van der Waals surface area contributed by atoms with E-state index in [2.05, 4.69) is 39.3 Å². The molecule has 0 aliphatic carbocycles. The Labute approximate surface area is 276 Å². The predicted molar refractivity (Wildman–Crippen MR) is 180 cm³/mol. The molecule has 1 atom stereocenters. The van der Waals surface area contributed by atoms with E-state index in [4.69, 9.17) is 0 Å². The Balaban J connectivity index is 1.14. The maximum absolute atomic E-state index is 12.9. The fraction of sp³-hybridized carbons (Fsp3) is 0.353. The van der Waals surface area contributed by atoms with Gasteiger partial charge in [-0.15, -0.1) is 13.2 Å². The maximum Gasteiger partial charge on any atom is 0.573 e. The summed E-state index contributed by atoms with van der Waals surface area (Å²) in [6, 6.07) is 18.9. The van der Waals surface area contributed by atoms with Crippen molar-refractivity contribution in [2.24, 2.45) is 10.1 Å². The number of amides is 3. The summed E-state index contributed by atoms with van der Waals surface area (Å²) in [4.78, 5) is 31.6. The van der Waals surface area contributed by atoms with Crippen LogP contribution in [-0.2, 0) is 11.2 Å². The Kier molecular flexibility index (Phi) is 10.4. The van der Waals surface area contributed by atoms with Gasteiger partial charge in [-0.25, -0.2) is 9.80 Å². The lowest BCUT2D eigenvalue weighted by molar-refractivity contribution is -0.274. The monoisotopic (exact) mass is 666 g/mol. The van der Waals surface area contributed by atoms with Gasteiger partial charge < -0.3 is 15.4 Å². The molecule has 0 spiro atoms. The number of urea groups is 1. The van der Waals surface area contributed by atoms with Crippen molar-refractivity contribution in [3.8, 4) is 5.75 Å². The van der Waals surface area contributed by atoms with Crippen molar-refractivity contribution >= 4 is 46.1 Å². The zero-order valence-electron chi connectivity index (χ0n) is 26.6. The molecular formula is C34H37F3N6O3S. The molecule has 3 aromatic rings. The number of alkyl halides is 3. The van der Waals surface area contributed by atoms with Gasteiger partial charge in [-0.05, 0) is 92.1 Å². The van der Waals surface area contributed by atoms with Gasteiger partial charge in [0.05, 0.1) is 17.1 Å². The van der Waals surface area contributed by atoms with Crippen molar-refractivity contribution in [1.29, 1.82) is 0 Å². The third-order valence-electron chi connectivity index (χ3n) is 7.67. The van der Waals surface area contributed by atoms with E-state index in [1.54, 1.807) is 9.91 Å². The van der Waals surface area contributed by atoms with E-state index in [0.717, 1.165) is 47.2 Å². The summed E-state index contributed by atoms with van der Waals surface area (Å²) in [5, 5.41) is 12.8. The van der Waals surface area contributed by atoms with Crippen LogP contribution < -0.4 is 25.3 Å². The number of hydrazone groups is 1. The first-order valence-electron chi connectivity index (χ1n) is 15.4. The SMILES string of the molecule is Cc1ccc(C(C)C)c(N2C(=O)CS/C2=N\C(=O)NC(C)CCCc2cccc(C3=NN(c4ccc(OC(F)(F)F)cc4)CN3)c2)c1. The number of hydrogen-bond acceptors (Lipinski definition) is 7. The zero-order chi connectivity index (χ0) is 33.7. The molecule has 2 aliphatic heterocycles. The quantitative estimate of drug-likeness (QED) is 0.236. The van der Waals surface area contributed by atoms with E-state index in [9.17, 15) is 22.8 Å². The number of aliphatic imine (C=N–C) groups is 1. The van der Waals surface area contributed by atoms with Gasteiger partial charge >= 0.3 is 12.4 Å². The van der Waals surface area contributed by atoms with E-state index < -0.39 is 12.4 Å². The van der Waals surface area contributed by atoms with Gasteiger partial charge in [-0.3, -0.25) is 9.69 Å². The molecule has 0 aromatic heterocycles. The number of hydrogen-bond donors (Lipinski definition) is 2. The summed E-state index contributed by atoms with van der Waals surface area (Å²) in [6.45, 7) is 8.42. The van der Waals surface area contributed by atoms with Gasteiger partial charge in [-0.2, -0.15) is 10.1 Å². The summed E-state index contributed by atoms with van der Waals surface area (Å²) >= 11 is 1.27. The number of benzene rings is 3. The fourth-order valence-electron chi connectivity index (χ4n) is 5.38. The van der Waals surface area contributed by atoms with Gasteiger partial charge in [0.2, 0.25) is 5.91 Å². The zero-order valence-corrected chi connectivity index (χ0v) is 27.4. The van der Waals surface area contributed by atoms with E-state index in [1.807, 2.05) is 56.3 Å². The number of carbonyl (C=O) groups is 2.